The maximum absolute atomic E-state index is 12.8. The van der Waals surface area contributed by atoms with Crippen LogP contribution in [0.4, 0.5) is 17.1 Å². The zero-order valence-corrected chi connectivity index (χ0v) is 19.8. The Bertz CT molecular complexity index is 1510. The Morgan fingerprint density at radius 1 is 1.14 bits per heavy atom. The second-order valence-corrected chi connectivity index (χ2v) is 9.26. The van der Waals surface area contributed by atoms with Crippen LogP contribution < -0.4 is 14.9 Å². The third-order valence-electron chi connectivity index (χ3n) is 5.42. The second kappa shape index (κ2) is 9.85. The Morgan fingerprint density at radius 2 is 1.91 bits per heavy atom. The number of ether oxygens (including phenoxy) is 1. The molecule has 0 aliphatic rings. The average molecular weight is 494 g/mol. The van der Waals surface area contributed by atoms with E-state index in [1.807, 2.05) is 24.4 Å². The monoisotopic (exact) mass is 493 g/mol. The van der Waals surface area contributed by atoms with Crippen molar-refractivity contribution in [1.82, 2.24) is 4.98 Å². The lowest BCUT2D eigenvalue weighted by atomic mass is 10.1. The summed E-state index contributed by atoms with van der Waals surface area (Å²) in [5.41, 5.74) is 5.58. The van der Waals surface area contributed by atoms with Crippen LogP contribution in [0.25, 0.3) is 10.9 Å². The molecule has 10 nitrogen and oxygen atoms in total. The zero-order chi connectivity index (χ0) is 25.0. The highest BCUT2D eigenvalue weighted by molar-refractivity contribution is 7.92. The van der Waals surface area contributed by atoms with Crippen LogP contribution in [0.3, 0.4) is 0 Å². The fraction of sp³-hybridized carbons (Fsp3) is 0.125. The number of nitro benzene ring substituents is 1. The minimum absolute atomic E-state index is 0.0590. The number of hydrazone groups is 1. The summed E-state index contributed by atoms with van der Waals surface area (Å²) >= 11 is 0. The SMILES string of the molecule is CCc1cccc2c(/C=N/Nc3ccc(S(=O)(=O)Nc4ccc(OC)cc4)cc3[N+](=O)[O-])c[nH]c12. The molecular formula is C24H23N5O5S. The van der Waals surface area contributed by atoms with Crippen molar-refractivity contribution in [3.05, 3.63) is 88.1 Å². The van der Waals surface area contributed by atoms with E-state index in [2.05, 4.69) is 27.2 Å². The first-order valence-electron chi connectivity index (χ1n) is 10.7. The largest absolute Gasteiger partial charge is 0.497 e. The number of hydrogen-bond donors (Lipinski definition) is 3. The summed E-state index contributed by atoms with van der Waals surface area (Å²) in [5, 5.41) is 16.8. The van der Waals surface area contributed by atoms with E-state index in [0.29, 0.717) is 11.4 Å². The van der Waals surface area contributed by atoms with Gasteiger partial charge in [0.1, 0.15) is 11.4 Å². The molecule has 180 valence electrons. The van der Waals surface area contributed by atoms with E-state index in [1.165, 1.54) is 36.9 Å². The van der Waals surface area contributed by atoms with E-state index >= 15 is 0 Å². The third-order valence-corrected chi connectivity index (χ3v) is 6.80. The number of benzene rings is 3. The number of nitrogens with zero attached hydrogens (tertiary/aromatic N) is 2. The molecule has 0 saturated heterocycles. The Balaban J connectivity index is 1.56. The highest BCUT2D eigenvalue weighted by Gasteiger charge is 2.21. The van der Waals surface area contributed by atoms with Crippen molar-refractivity contribution >= 4 is 44.2 Å². The van der Waals surface area contributed by atoms with Gasteiger partial charge in [-0.05, 0) is 48.4 Å². The first-order chi connectivity index (χ1) is 16.8. The van der Waals surface area contributed by atoms with Gasteiger partial charge in [-0.15, -0.1) is 0 Å². The summed E-state index contributed by atoms with van der Waals surface area (Å²) in [6, 6.07) is 15.8. The molecule has 0 bridgehead atoms. The predicted molar refractivity (Wildman–Crippen MR) is 136 cm³/mol. The van der Waals surface area contributed by atoms with Crippen molar-refractivity contribution in [2.45, 2.75) is 18.2 Å². The third kappa shape index (κ3) is 5.09. The molecule has 3 aromatic carbocycles. The van der Waals surface area contributed by atoms with Gasteiger partial charge in [0.15, 0.2) is 0 Å². The van der Waals surface area contributed by atoms with Gasteiger partial charge in [0, 0.05) is 34.4 Å². The fourth-order valence-corrected chi connectivity index (χ4v) is 4.69. The topological polar surface area (TPSA) is 139 Å². The van der Waals surface area contributed by atoms with Gasteiger partial charge >= 0.3 is 0 Å². The minimum Gasteiger partial charge on any atom is -0.497 e. The normalized spacial score (nSPS) is 11.6. The Hall–Kier alpha value is -4.38. The van der Waals surface area contributed by atoms with Crippen LogP contribution >= 0.6 is 0 Å². The Labute approximate surface area is 201 Å². The van der Waals surface area contributed by atoms with Crippen molar-refractivity contribution in [2.75, 3.05) is 17.3 Å². The van der Waals surface area contributed by atoms with Crippen LogP contribution in [-0.2, 0) is 16.4 Å². The Kier molecular flexibility index (Phi) is 6.69. The van der Waals surface area contributed by atoms with Gasteiger partial charge in [0.05, 0.1) is 23.1 Å². The van der Waals surface area contributed by atoms with Crippen molar-refractivity contribution in [3.8, 4) is 5.75 Å². The lowest BCUT2D eigenvalue weighted by Gasteiger charge is -2.10. The number of sulfonamides is 1. The molecule has 0 amide bonds. The number of nitrogens with one attached hydrogen (secondary N) is 3. The number of fused-ring (bicyclic) bond motifs is 1. The van der Waals surface area contributed by atoms with Gasteiger partial charge in [-0.1, -0.05) is 25.1 Å². The number of para-hydroxylation sites is 1. The van der Waals surface area contributed by atoms with E-state index in [4.69, 9.17) is 4.74 Å². The van der Waals surface area contributed by atoms with E-state index in [1.54, 1.807) is 18.3 Å². The predicted octanol–water partition coefficient (Wildman–Crippen LogP) is 4.89. The first-order valence-corrected chi connectivity index (χ1v) is 12.1. The molecule has 0 radical (unpaired) electrons. The van der Waals surface area contributed by atoms with Gasteiger partial charge in [0.2, 0.25) is 0 Å². The van der Waals surface area contributed by atoms with Crippen LogP contribution in [0.1, 0.15) is 18.1 Å². The average Bonchev–Trinajstić information content (AvgIpc) is 3.27. The van der Waals surface area contributed by atoms with Crippen LogP contribution in [0.2, 0.25) is 0 Å². The van der Waals surface area contributed by atoms with Gasteiger partial charge in [-0.2, -0.15) is 5.10 Å². The standard InChI is InChI=1S/C24H23N5O5S/c1-3-16-5-4-6-21-17(14-25-24(16)21)15-26-27-22-12-11-20(13-23(22)29(30)31)35(32,33)28-18-7-9-19(34-2)10-8-18/h4-15,25,27-28H,3H2,1-2H3/b26-15+. The fourth-order valence-electron chi connectivity index (χ4n) is 3.61. The molecule has 0 fully saturated rings. The van der Waals surface area contributed by atoms with Gasteiger partial charge in [-0.25, -0.2) is 8.42 Å². The molecule has 0 unspecified atom stereocenters. The van der Waals surface area contributed by atoms with E-state index < -0.39 is 20.6 Å². The maximum Gasteiger partial charge on any atom is 0.295 e. The van der Waals surface area contributed by atoms with Crippen LogP contribution in [0.5, 0.6) is 5.75 Å². The number of methoxy groups -OCH3 is 1. The molecule has 0 saturated carbocycles. The van der Waals surface area contributed by atoms with Crippen molar-refractivity contribution in [3.63, 3.8) is 0 Å². The van der Waals surface area contributed by atoms with E-state index in [0.717, 1.165) is 29.0 Å². The molecule has 35 heavy (non-hydrogen) atoms. The highest BCUT2D eigenvalue weighted by atomic mass is 32.2. The molecule has 1 heterocycles. The lowest BCUT2D eigenvalue weighted by molar-refractivity contribution is -0.384. The van der Waals surface area contributed by atoms with Gasteiger partial charge in [-0.3, -0.25) is 20.3 Å². The smallest absolute Gasteiger partial charge is 0.295 e. The zero-order valence-electron chi connectivity index (χ0n) is 19.0. The van der Waals surface area contributed by atoms with E-state index in [-0.39, 0.29) is 10.6 Å². The molecule has 0 spiro atoms. The number of aromatic nitrogens is 1. The summed E-state index contributed by atoms with van der Waals surface area (Å²) in [6.07, 6.45) is 4.24. The van der Waals surface area contributed by atoms with Crippen LogP contribution in [0, 0.1) is 10.1 Å². The van der Waals surface area contributed by atoms with Crippen molar-refractivity contribution in [1.29, 1.82) is 0 Å². The number of hydrogen-bond acceptors (Lipinski definition) is 7. The molecule has 11 heteroatoms. The number of H-pyrrole nitrogens is 1. The quantitative estimate of drug-likeness (QED) is 0.172. The van der Waals surface area contributed by atoms with Crippen molar-refractivity contribution < 1.29 is 18.1 Å². The van der Waals surface area contributed by atoms with Crippen LogP contribution in [-0.4, -0.2) is 31.6 Å². The molecular weight excluding hydrogens is 470 g/mol. The van der Waals surface area contributed by atoms with E-state index in [9.17, 15) is 18.5 Å². The molecule has 0 aliphatic carbocycles. The summed E-state index contributed by atoms with van der Waals surface area (Å²) in [7, 11) is -2.56. The number of nitro groups is 1. The number of rotatable bonds is 9. The van der Waals surface area contributed by atoms with Crippen molar-refractivity contribution in [2.24, 2.45) is 5.10 Å². The summed E-state index contributed by atoms with van der Waals surface area (Å²) in [5.74, 6) is 0.568. The Morgan fingerprint density at radius 3 is 2.60 bits per heavy atom. The first kappa shape index (κ1) is 23.8. The van der Waals surface area contributed by atoms with Gasteiger partial charge < -0.3 is 9.72 Å². The second-order valence-electron chi connectivity index (χ2n) is 7.58. The molecule has 1 aromatic heterocycles. The number of aryl methyl sites for hydroxylation is 1. The summed E-state index contributed by atoms with van der Waals surface area (Å²) < 4.78 is 33.0. The molecule has 4 aromatic rings. The number of aromatic amines is 1. The van der Waals surface area contributed by atoms with Gasteiger partial charge in [0.25, 0.3) is 15.7 Å². The molecule has 3 N–H and O–H groups in total. The lowest BCUT2D eigenvalue weighted by Crippen LogP contribution is -2.13. The number of anilines is 2. The maximum atomic E-state index is 12.8. The molecule has 0 atom stereocenters. The summed E-state index contributed by atoms with van der Waals surface area (Å²) in [4.78, 5) is 14.0. The highest BCUT2D eigenvalue weighted by Crippen LogP contribution is 2.29. The van der Waals surface area contributed by atoms with Crippen LogP contribution in [0.15, 0.2) is 76.9 Å². The summed E-state index contributed by atoms with van der Waals surface area (Å²) in [6.45, 7) is 2.07. The molecule has 0 aliphatic heterocycles. The molecule has 4 rings (SSSR count). The minimum atomic E-state index is -4.06.